The van der Waals surface area contributed by atoms with Gasteiger partial charge in [0.2, 0.25) is 11.8 Å². The van der Waals surface area contributed by atoms with Crippen LogP contribution < -0.4 is 9.62 Å². The lowest BCUT2D eigenvalue weighted by atomic mass is 10.0. The summed E-state index contributed by atoms with van der Waals surface area (Å²) >= 11 is 6.42. The first-order valence-corrected chi connectivity index (χ1v) is 16.5. The van der Waals surface area contributed by atoms with E-state index in [4.69, 9.17) is 11.6 Å². The van der Waals surface area contributed by atoms with Crippen molar-refractivity contribution in [1.29, 1.82) is 0 Å². The maximum Gasteiger partial charge on any atom is 0.264 e. The van der Waals surface area contributed by atoms with Crippen molar-refractivity contribution >= 4 is 39.1 Å². The van der Waals surface area contributed by atoms with Gasteiger partial charge >= 0.3 is 0 Å². The van der Waals surface area contributed by atoms with Crippen molar-refractivity contribution in [2.75, 3.05) is 17.4 Å². The highest BCUT2D eigenvalue weighted by Crippen LogP contribution is 2.31. The lowest BCUT2D eigenvalue weighted by Gasteiger charge is -2.34. The molecular formula is C35H37ClFN3O4S. The van der Waals surface area contributed by atoms with E-state index in [-0.39, 0.29) is 29.1 Å². The number of sulfonamides is 1. The Morgan fingerprint density at radius 2 is 1.56 bits per heavy atom. The van der Waals surface area contributed by atoms with Crippen molar-refractivity contribution < 1.29 is 22.4 Å². The third-order valence-electron chi connectivity index (χ3n) is 7.51. The van der Waals surface area contributed by atoms with E-state index >= 15 is 4.39 Å². The Hall–Kier alpha value is -4.21. The van der Waals surface area contributed by atoms with Gasteiger partial charge in [-0.1, -0.05) is 90.8 Å². The van der Waals surface area contributed by atoms with Crippen molar-refractivity contribution in [2.24, 2.45) is 0 Å². The molecule has 10 heteroatoms. The minimum Gasteiger partial charge on any atom is -0.354 e. The number of hydrogen-bond donors (Lipinski definition) is 1. The number of rotatable bonds is 13. The van der Waals surface area contributed by atoms with Gasteiger partial charge in [-0.05, 0) is 61.7 Å². The molecule has 0 unspecified atom stereocenters. The summed E-state index contributed by atoms with van der Waals surface area (Å²) in [5.74, 6) is -1.64. The van der Waals surface area contributed by atoms with Gasteiger partial charge in [0, 0.05) is 30.1 Å². The molecule has 1 N–H and O–H groups in total. The smallest absolute Gasteiger partial charge is 0.264 e. The molecule has 7 nitrogen and oxygen atoms in total. The van der Waals surface area contributed by atoms with Crippen LogP contribution in [0.1, 0.15) is 35.6 Å². The second kappa shape index (κ2) is 15.2. The second-order valence-electron chi connectivity index (χ2n) is 10.8. The summed E-state index contributed by atoms with van der Waals surface area (Å²) in [7, 11) is -4.29. The molecule has 0 heterocycles. The molecule has 0 aliphatic carbocycles. The van der Waals surface area contributed by atoms with E-state index in [1.54, 1.807) is 49.4 Å². The van der Waals surface area contributed by atoms with E-state index in [0.717, 1.165) is 15.4 Å². The summed E-state index contributed by atoms with van der Waals surface area (Å²) < 4.78 is 44.4. The molecule has 0 aromatic heterocycles. The number of nitrogens with one attached hydrogen (secondary N) is 1. The minimum atomic E-state index is -4.29. The Morgan fingerprint density at radius 1 is 0.889 bits per heavy atom. The van der Waals surface area contributed by atoms with Gasteiger partial charge in [0.15, 0.2) is 0 Å². The molecule has 0 radical (unpaired) electrons. The van der Waals surface area contributed by atoms with E-state index in [1.165, 1.54) is 29.2 Å². The monoisotopic (exact) mass is 649 g/mol. The predicted molar refractivity (Wildman–Crippen MR) is 176 cm³/mol. The molecule has 0 bridgehead atoms. The predicted octanol–water partition coefficient (Wildman–Crippen LogP) is 6.46. The Balaban J connectivity index is 1.83. The molecule has 4 aromatic rings. The van der Waals surface area contributed by atoms with Crippen LogP contribution in [-0.4, -0.2) is 44.3 Å². The molecule has 0 spiro atoms. The molecule has 2 amide bonds. The van der Waals surface area contributed by atoms with E-state index in [0.29, 0.717) is 23.6 Å². The van der Waals surface area contributed by atoms with E-state index < -0.39 is 40.2 Å². The maximum atomic E-state index is 15.0. The molecule has 0 fully saturated rings. The SMILES string of the molecule is CCCNC(=O)[C@@H](Cc1ccccc1)N(Cc1ccccc1F)C(=O)CN(c1cccc(Cl)c1C)S(=O)(=O)c1ccc(C)cc1. The van der Waals surface area contributed by atoms with Crippen molar-refractivity contribution in [3.63, 3.8) is 0 Å². The van der Waals surface area contributed by atoms with Crippen LogP contribution in [0.25, 0.3) is 0 Å². The topological polar surface area (TPSA) is 86.8 Å². The first-order valence-electron chi connectivity index (χ1n) is 14.7. The lowest BCUT2D eigenvalue weighted by molar-refractivity contribution is -0.140. The van der Waals surface area contributed by atoms with Crippen LogP contribution in [0.4, 0.5) is 10.1 Å². The zero-order valence-electron chi connectivity index (χ0n) is 25.5. The highest BCUT2D eigenvalue weighted by molar-refractivity contribution is 7.92. The molecule has 236 valence electrons. The van der Waals surface area contributed by atoms with Crippen LogP contribution >= 0.6 is 11.6 Å². The summed E-state index contributed by atoms with van der Waals surface area (Å²) in [5.41, 5.74) is 2.53. The van der Waals surface area contributed by atoms with E-state index in [9.17, 15) is 18.0 Å². The number of nitrogens with zero attached hydrogens (tertiary/aromatic N) is 2. The number of halogens is 2. The lowest BCUT2D eigenvalue weighted by Crippen LogP contribution is -2.53. The third-order valence-corrected chi connectivity index (χ3v) is 9.70. The highest BCUT2D eigenvalue weighted by atomic mass is 35.5. The van der Waals surface area contributed by atoms with Gasteiger partial charge < -0.3 is 10.2 Å². The number of anilines is 1. The van der Waals surface area contributed by atoms with E-state index in [1.807, 2.05) is 44.2 Å². The van der Waals surface area contributed by atoms with Crippen LogP contribution in [0.5, 0.6) is 0 Å². The number of aryl methyl sites for hydroxylation is 1. The fourth-order valence-electron chi connectivity index (χ4n) is 4.95. The first-order chi connectivity index (χ1) is 21.5. The fraction of sp³-hybridized carbons (Fsp3) is 0.257. The second-order valence-corrected chi connectivity index (χ2v) is 13.1. The minimum absolute atomic E-state index is 0.0116. The largest absolute Gasteiger partial charge is 0.354 e. The van der Waals surface area contributed by atoms with Gasteiger partial charge in [-0.3, -0.25) is 13.9 Å². The Morgan fingerprint density at radius 3 is 2.22 bits per heavy atom. The molecule has 1 atom stereocenters. The maximum absolute atomic E-state index is 15.0. The third kappa shape index (κ3) is 8.29. The van der Waals surface area contributed by atoms with Gasteiger partial charge in [-0.15, -0.1) is 0 Å². The molecular weight excluding hydrogens is 613 g/mol. The van der Waals surface area contributed by atoms with Gasteiger partial charge in [0.05, 0.1) is 10.6 Å². The normalized spacial score (nSPS) is 11.9. The van der Waals surface area contributed by atoms with E-state index in [2.05, 4.69) is 5.32 Å². The molecule has 4 rings (SSSR count). The van der Waals surface area contributed by atoms with Crippen LogP contribution in [0.15, 0.2) is 102 Å². The quantitative estimate of drug-likeness (QED) is 0.180. The molecule has 45 heavy (non-hydrogen) atoms. The molecule has 0 aliphatic rings. The first kappa shape index (κ1) is 33.7. The Labute approximate surface area is 269 Å². The fourth-order valence-corrected chi connectivity index (χ4v) is 6.59. The molecule has 0 aliphatic heterocycles. The number of carbonyl (C=O) groups is 2. The van der Waals surface area contributed by atoms with Crippen molar-refractivity contribution in [3.8, 4) is 0 Å². The zero-order chi connectivity index (χ0) is 32.6. The van der Waals surface area contributed by atoms with Gasteiger partial charge in [0.1, 0.15) is 18.4 Å². The summed E-state index contributed by atoms with van der Waals surface area (Å²) in [6.45, 7) is 4.90. The van der Waals surface area contributed by atoms with Crippen molar-refractivity contribution in [1.82, 2.24) is 10.2 Å². The van der Waals surface area contributed by atoms with Crippen LogP contribution in [-0.2, 0) is 32.6 Å². The average Bonchev–Trinajstić information content (AvgIpc) is 3.03. The van der Waals surface area contributed by atoms with Crippen LogP contribution in [0.3, 0.4) is 0 Å². The Bertz CT molecular complexity index is 1730. The molecule has 4 aromatic carbocycles. The Kier molecular flexibility index (Phi) is 11.4. The average molecular weight is 650 g/mol. The number of hydrogen-bond acceptors (Lipinski definition) is 4. The van der Waals surface area contributed by atoms with Gasteiger partial charge in [0.25, 0.3) is 10.0 Å². The van der Waals surface area contributed by atoms with Gasteiger partial charge in [-0.2, -0.15) is 0 Å². The molecule has 0 saturated carbocycles. The standard InChI is InChI=1S/C35H37ClFN3O4S/c1-4-21-38-35(42)33(22-27-11-6-5-7-12-27)39(23-28-13-8-9-15-31(28)37)34(41)24-40(32-16-10-14-30(36)26(32)3)45(43,44)29-19-17-25(2)18-20-29/h5-20,33H,4,21-24H2,1-3H3,(H,38,42)/t33-/m1/s1. The molecule has 0 saturated heterocycles. The van der Waals surface area contributed by atoms with Crippen LogP contribution in [0.2, 0.25) is 5.02 Å². The summed E-state index contributed by atoms with van der Waals surface area (Å²) in [6, 6.07) is 25.3. The number of amides is 2. The highest BCUT2D eigenvalue weighted by Gasteiger charge is 2.35. The number of carbonyl (C=O) groups excluding carboxylic acids is 2. The summed E-state index contributed by atoms with van der Waals surface area (Å²) in [4.78, 5) is 29.4. The summed E-state index contributed by atoms with van der Waals surface area (Å²) in [5, 5.41) is 3.20. The van der Waals surface area contributed by atoms with Crippen molar-refractivity contribution in [2.45, 2.75) is 51.1 Å². The van der Waals surface area contributed by atoms with Crippen molar-refractivity contribution in [3.05, 3.63) is 130 Å². The van der Waals surface area contributed by atoms with Gasteiger partial charge in [-0.25, -0.2) is 12.8 Å². The number of benzene rings is 4. The summed E-state index contributed by atoms with van der Waals surface area (Å²) in [6.07, 6.45) is 0.805. The zero-order valence-corrected chi connectivity index (χ0v) is 27.1. The van der Waals surface area contributed by atoms with Crippen LogP contribution in [0, 0.1) is 19.7 Å².